The Labute approximate surface area is 225 Å². The number of aromatic nitrogens is 1. The van der Waals surface area contributed by atoms with E-state index in [1.165, 1.54) is 32.8 Å². The SMILES string of the molecule is C1CC2(C1)CCO2.COc1ccc(C)c2nc(-c3sc4ccccc4c3C)cc(C(=O)[O-])c12.[Na+]. The number of carbonyl (C=O) groups excluding carboxylic acids is 1. The second kappa shape index (κ2) is 9.96. The number of nitrogens with zero attached hydrogens (tertiary/aromatic N) is 1. The van der Waals surface area contributed by atoms with Crippen molar-refractivity contribution in [1.29, 1.82) is 0 Å². The minimum Gasteiger partial charge on any atom is -0.545 e. The predicted octanol–water partition coefficient (Wildman–Crippen LogP) is 2.44. The van der Waals surface area contributed by atoms with Crippen LogP contribution >= 0.6 is 11.3 Å². The number of pyridine rings is 1. The molecule has 1 aliphatic carbocycles. The van der Waals surface area contributed by atoms with E-state index in [0.717, 1.165) is 32.7 Å². The van der Waals surface area contributed by atoms with Gasteiger partial charge in [-0.3, -0.25) is 0 Å². The van der Waals surface area contributed by atoms with E-state index in [1.54, 1.807) is 23.5 Å². The van der Waals surface area contributed by atoms with Gasteiger partial charge < -0.3 is 19.4 Å². The molecule has 2 aromatic heterocycles. The normalized spacial score (nSPS) is 15.6. The molecule has 1 saturated carbocycles. The molecule has 0 N–H and O–H groups in total. The number of methoxy groups -OCH3 is 1. The van der Waals surface area contributed by atoms with Crippen molar-refractivity contribution in [2.45, 2.75) is 45.1 Å². The van der Waals surface area contributed by atoms with E-state index < -0.39 is 5.97 Å². The molecule has 1 aliphatic heterocycles. The summed E-state index contributed by atoms with van der Waals surface area (Å²) in [4.78, 5) is 17.6. The van der Waals surface area contributed by atoms with Crippen LogP contribution in [-0.4, -0.2) is 30.3 Å². The van der Waals surface area contributed by atoms with Crippen LogP contribution in [0.4, 0.5) is 0 Å². The Kier molecular flexibility index (Phi) is 7.36. The van der Waals surface area contributed by atoms with Gasteiger partial charge in [0, 0.05) is 10.3 Å². The van der Waals surface area contributed by atoms with Crippen LogP contribution in [0.25, 0.3) is 31.6 Å². The van der Waals surface area contributed by atoms with E-state index in [4.69, 9.17) is 14.5 Å². The third-order valence-electron chi connectivity index (χ3n) is 6.87. The fourth-order valence-electron chi connectivity index (χ4n) is 4.67. The molecule has 2 aliphatic rings. The number of rotatable bonds is 3. The largest absolute Gasteiger partial charge is 1.00 e. The van der Waals surface area contributed by atoms with Crippen molar-refractivity contribution in [3.63, 3.8) is 0 Å². The molecule has 5 nitrogen and oxygen atoms in total. The number of aryl methyl sites for hydroxylation is 2. The Morgan fingerprint density at radius 1 is 1.15 bits per heavy atom. The first-order chi connectivity index (χ1) is 15.9. The maximum atomic E-state index is 11.8. The number of aromatic carboxylic acids is 1. The van der Waals surface area contributed by atoms with E-state index in [1.807, 2.05) is 32.0 Å². The zero-order chi connectivity index (χ0) is 23.2. The monoisotopic (exact) mass is 483 g/mol. The second-order valence-corrected chi connectivity index (χ2v) is 9.89. The summed E-state index contributed by atoms with van der Waals surface area (Å²) in [5.41, 5.74) is 3.80. The molecular weight excluding hydrogens is 457 g/mol. The molecule has 3 heterocycles. The number of thiophene rings is 1. The van der Waals surface area contributed by atoms with Crippen LogP contribution in [0.15, 0.2) is 42.5 Å². The molecule has 6 rings (SSSR count). The van der Waals surface area contributed by atoms with Crippen LogP contribution in [0.5, 0.6) is 5.75 Å². The van der Waals surface area contributed by atoms with Crippen molar-refractivity contribution in [3.8, 4) is 16.3 Å². The smallest absolute Gasteiger partial charge is 0.545 e. The van der Waals surface area contributed by atoms with Gasteiger partial charge in [0.1, 0.15) is 5.75 Å². The van der Waals surface area contributed by atoms with Gasteiger partial charge in [-0.15, -0.1) is 11.3 Å². The molecular formula is C27H26NNaO4S. The molecule has 170 valence electrons. The van der Waals surface area contributed by atoms with E-state index >= 15 is 0 Å². The third kappa shape index (κ3) is 4.38. The Hall–Kier alpha value is -1.96. The number of carbonyl (C=O) groups is 1. The zero-order valence-corrected chi connectivity index (χ0v) is 22.9. The van der Waals surface area contributed by atoms with Gasteiger partial charge in [0.25, 0.3) is 0 Å². The van der Waals surface area contributed by atoms with Crippen molar-refractivity contribution >= 4 is 38.3 Å². The molecule has 2 aromatic carbocycles. The number of hydrogen-bond acceptors (Lipinski definition) is 6. The van der Waals surface area contributed by atoms with E-state index in [-0.39, 0.29) is 35.1 Å². The van der Waals surface area contributed by atoms with Crippen molar-refractivity contribution in [3.05, 3.63) is 59.2 Å². The topological polar surface area (TPSA) is 71.5 Å². The molecule has 1 saturated heterocycles. The summed E-state index contributed by atoms with van der Waals surface area (Å²) in [5, 5.41) is 13.5. The minimum atomic E-state index is -1.23. The van der Waals surface area contributed by atoms with Gasteiger partial charge in [0.2, 0.25) is 0 Å². The Morgan fingerprint density at radius 2 is 1.88 bits per heavy atom. The van der Waals surface area contributed by atoms with Crippen molar-refractivity contribution in [2.75, 3.05) is 13.7 Å². The van der Waals surface area contributed by atoms with E-state index in [9.17, 15) is 9.90 Å². The Balaban J connectivity index is 0.000000290. The summed E-state index contributed by atoms with van der Waals surface area (Å²) in [6, 6.07) is 13.4. The predicted molar refractivity (Wildman–Crippen MR) is 130 cm³/mol. The van der Waals surface area contributed by atoms with Gasteiger partial charge in [-0.25, -0.2) is 4.98 Å². The van der Waals surface area contributed by atoms with Crippen LogP contribution in [0, 0.1) is 13.8 Å². The average Bonchev–Trinajstić information content (AvgIpc) is 3.09. The first-order valence-corrected chi connectivity index (χ1v) is 12.1. The number of fused-ring (bicyclic) bond motifs is 2. The quantitative estimate of drug-likeness (QED) is 0.419. The molecule has 0 bridgehead atoms. The molecule has 0 amide bonds. The Bertz CT molecular complexity index is 1360. The standard InChI is InChI=1S/C21H17NO3S.C6H10O.Na/c1-11-8-9-16(25-3)18-14(21(23)24)10-15(22-19(11)18)20-12(2)13-6-4-5-7-17(13)26-20;1-2-6(3-1)4-5-7-6;/h4-10H,1-3H3,(H,23,24);1-5H2;/q;;+1/p-1. The molecule has 4 aromatic rings. The van der Waals surface area contributed by atoms with Gasteiger partial charge in [-0.2, -0.15) is 0 Å². The zero-order valence-electron chi connectivity index (χ0n) is 20.1. The average molecular weight is 484 g/mol. The van der Waals surface area contributed by atoms with Gasteiger partial charge in [-0.05, 0) is 74.2 Å². The van der Waals surface area contributed by atoms with E-state index in [0.29, 0.717) is 27.9 Å². The van der Waals surface area contributed by atoms with Crippen LogP contribution in [0.1, 0.15) is 47.2 Å². The van der Waals surface area contributed by atoms with Crippen LogP contribution < -0.4 is 39.4 Å². The van der Waals surface area contributed by atoms with Crippen molar-refractivity contribution in [2.24, 2.45) is 0 Å². The molecule has 1 spiro atoms. The molecule has 7 heteroatoms. The van der Waals surface area contributed by atoms with Crippen LogP contribution in [-0.2, 0) is 4.74 Å². The molecule has 0 unspecified atom stereocenters. The van der Waals surface area contributed by atoms with Crippen LogP contribution in [0.2, 0.25) is 0 Å². The van der Waals surface area contributed by atoms with Crippen LogP contribution in [0.3, 0.4) is 0 Å². The van der Waals surface area contributed by atoms with Gasteiger partial charge >= 0.3 is 29.6 Å². The summed E-state index contributed by atoms with van der Waals surface area (Å²) < 4.78 is 11.9. The van der Waals surface area contributed by atoms with Gasteiger partial charge in [0.05, 0.1) is 46.8 Å². The first kappa shape index (κ1) is 25.1. The third-order valence-corrected chi connectivity index (χ3v) is 8.17. The molecule has 0 radical (unpaired) electrons. The molecule has 0 atom stereocenters. The summed E-state index contributed by atoms with van der Waals surface area (Å²) in [5.74, 6) is -0.752. The maximum Gasteiger partial charge on any atom is 1.00 e. The number of benzene rings is 2. The first-order valence-electron chi connectivity index (χ1n) is 11.2. The van der Waals surface area contributed by atoms with Crippen molar-refractivity contribution < 1.29 is 48.9 Å². The minimum absolute atomic E-state index is 0. The number of ether oxygens (including phenoxy) is 2. The number of carboxylic acid groups (broad SMARTS) is 1. The molecule has 34 heavy (non-hydrogen) atoms. The summed E-state index contributed by atoms with van der Waals surface area (Å²) in [6.45, 7) is 4.98. The maximum absolute atomic E-state index is 11.8. The number of hydrogen-bond donors (Lipinski definition) is 0. The number of carboxylic acids is 1. The van der Waals surface area contributed by atoms with Crippen molar-refractivity contribution in [1.82, 2.24) is 4.98 Å². The summed E-state index contributed by atoms with van der Waals surface area (Å²) in [7, 11) is 1.52. The fraction of sp³-hybridized carbons (Fsp3) is 0.333. The van der Waals surface area contributed by atoms with Gasteiger partial charge in [0.15, 0.2) is 0 Å². The fourth-order valence-corrected chi connectivity index (χ4v) is 5.83. The summed E-state index contributed by atoms with van der Waals surface area (Å²) in [6.07, 6.45) is 5.42. The Morgan fingerprint density at radius 3 is 2.41 bits per heavy atom. The summed E-state index contributed by atoms with van der Waals surface area (Å²) >= 11 is 1.61. The second-order valence-electron chi connectivity index (χ2n) is 8.84. The van der Waals surface area contributed by atoms with Gasteiger partial charge in [-0.1, -0.05) is 24.3 Å². The molecule has 2 fully saturated rings. The van der Waals surface area contributed by atoms with E-state index in [2.05, 4.69) is 12.1 Å².